The van der Waals surface area contributed by atoms with Gasteiger partial charge in [-0.15, -0.1) is 11.8 Å². The lowest BCUT2D eigenvalue weighted by Gasteiger charge is -2.04. The van der Waals surface area contributed by atoms with Crippen molar-refractivity contribution in [3.8, 4) is 0 Å². The molecule has 0 aliphatic rings. The first-order chi connectivity index (χ1) is 8.16. The molecule has 0 bridgehead atoms. The maximum Gasteiger partial charge on any atom is 0.145 e. The summed E-state index contributed by atoms with van der Waals surface area (Å²) in [7, 11) is 0. The number of hydrogen-bond acceptors (Lipinski definition) is 1. The molecule has 4 heteroatoms. The van der Waals surface area contributed by atoms with E-state index >= 15 is 0 Å². The van der Waals surface area contributed by atoms with Crippen LogP contribution >= 0.6 is 23.4 Å². The third-order valence-electron chi connectivity index (χ3n) is 2.24. The molecule has 2 aromatic rings. The van der Waals surface area contributed by atoms with E-state index in [1.54, 1.807) is 24.3 Å². The zero-order valence-electron chi connectivity index (χ0n) is 8.79. The third kappa shape index (κ3) is 3.20. The number of hydrogen-bond donors (Lipinski definition) is 0. The minimum atomic E-state index is -0.385. The van der Waals surface area contributed by atoms with Crippen LogP contribution in [-0.4, -0.2) is 0 Å². The van der Waals surface area contributed by atoms with Gasteiger partial charge in [0.1, 0.15) is 11.6 Å². The molecule has 0 radical (unpaired) electrons. The lowest BCUT2D eigenvalue weighted by Crippen LogP contribution is -1.88. The van der Waals surface area contributed by atoms with Gasteiger partial charge < -0.3 is 0 Å². The van der Waals surface area contributed by atoms with Gasteiger partial charge in [0.25, 0.3) is 0 Å². The maximum atomic E-state index is 13.6. The fourth-order valence-corrected chi connectivity index (χ4v) is 2.42. The summed E-state index contributed by atoms with van der Waals surface area (Å²) in [5.74, 6) is -0.190. The monoisotopic (exact) mass is 270 g/mol. The van der Waals surface area contributed by atoms with Crippen LogP contribution in [0.2, 0.25) is 5.02 Å². The van der Waals surface area contributed by atoms with Crippen molar-refractivity contribution in [2.75, 3.05) is 0 Å². The molecule has 2 rings (SSSR count). The van der Waals surface area contributed by atoms with Crippen LogP contribution < -0.4 is 0 Å². The van der Waals surface area contributed by atoms with Crippen LogP contribution in [0, 0.1) is 11.6 Å². The number of thioether (sulfide) groups is 1. The quantitative estimate of drug-likeness (QED) is 0.714. The van der Waals surface area contributed by atoms with E-state index in [4.69, 9.17) is 11.6 Å². The fourth-order valence-electron chi connectivity index (χ4n) is 1.35. The van der Waals surface area contributed by atoms with Gasteiger partial charge in [-0.3, -0.25) is 0 Å². The summed E-state index contributed by atoms with van der Waals surface area (Å²) in [6, 6.07) is 11.0. The van der Waals surface area contributed by atoms with Crippen LogP contribution in [0.3, 0.4) is 0 Å². The van der Waals surface area contributed by atoms with Crippen molar-refractivity contribution >= 4 is 23.4 Å². The molecule has 0 aliphatic carbocycles. The molecule has 0 saturated heterocycles. The lowest BCUT2D eigenvalue weighted by molar-refractivity contribution is 0.617. The van der Waals surface area contributed by atoms with Crippen molar-refractivity contribution in [1.82, 2.24) is 0 Å². The molecule has 0 unspecified atom stereocenters. The van der Waals surface area contributed by atoms with Crippen molar-refractivity contribution in [2.24, 2.45) is 0 Å². The van der Waals surface area contributed by atoms with Gasteiger partial charge in [-0.25, -0.2) is 8.78 Å². The van der Waals surface area contributed by atoms with Gasteiger partial charge in [0, 0.05) is 10.6 Å². The smallest absolute Gasteiger partial charge is 0.145 e. The number of halogens is 3. The largest absolute Gasteiger partial charge is 0.207 e. The van der Waals surface area contributed by atoms with Gasteiger partial charge in [0.15, 0.2) is 0 Å². The molecule has 0 atom stereocenters. The predicted octanol–water partition coefficient (Wildman–Crippen LogP) is 4.91. The second kappa shape index (κ2) is 5.52. The Bertz CT molecular complexity index is 511. The molecule has 0 nitrogen and oxygen atoms in total. The van der Waals surface area contributed by atoms with Gasteiger partial charge in [-0.1, -0.05) is 23.7 Å². The Balaban J connectivity index is 2.07. The van der Waals surface area contributed by atoms with E-state index < -0.39 is 0 Å². The van der Waals surface area contributed by atoms with Crippen LogP contribution in [0.25, 0.3) is 0 Å². The molecular formula is C13H9ClF2S. The summed E-state index contributed by atoms with van der Waals surface area (Å²) in [5.41, 5.74) is 0.548. The first-order valence-electron chi connectivity index (χ1n) is 4.98. The van der Waals surface area contributed by atoms with Gasteiger partial charge >= 0.3 is 0 Å². The summed E-state index contributed by atoms with van der Waals surface area (Å²) in [5, 5.41) is 0.127. The van der Waals surface area contributed by atoms with Crippen LogP contribution in [0.5, 0.6) is 0 Å². The fraction of sp³-hybridized carbons (Fsp3) is 0.0769. The van der Waals surface area contributed by atoms with Crippen LogP contribution in [0.15, 0.2) is 47.4 Å². The average Bonchev–Trinajstić information content (AvgIpc) is 2.33. The Labute approximate surface area is 108 Å². The summed E-state index contributed by atoms with van der Waals surface area (Å²) < 4.78 is 26.2. The van der Waals surface area contributed by atoms with E-state index in [0.29, 0.717) is 11.3 Å². The standard InChI is InChI=1S/C13H9ClF2S/c14-12-3-1-2-9(13(12)16)8-17-11-6-4-10(15)5-7-11/h1-7H,8H2. The SMILES string of the molecule is Fc1ccc(SCc2cccc(Cl)c2F)cc1. The summed E-state index contributed by atoms with van der Waals surface area (Å²) in [6.45, 7) is 0. The van der Waals surface area contributed by atoms with E-state index in [0.717, 1.165) is 4.90 Å². The molecular weight excluding hydrogens is 262 g/mol. The van der Waals surface area contributed by atoms with Crippen LogP contribution in [-0.2, 0) is 5.75 Å². The molecule has 0 aliphatic heterocycles. The summed E-state index contributed by atoms with van der Waals surface area (Å²) in [4.78, 5) is 0.894. The molecule has 0 heterocycles. The molecule has 88 valence electrons. The Morgan fingerprint density at radius 1 is 1.00 bits per heavy atom. The average molecular weight is 271 g/mol. The minimum absolute atomic E-state index is 0.127. The van der Waals surface area contributed by atoms with Gasteiger partial charge in [-0.2, -0.15) is 0 Å². The first kappa shape index (κ1) is 12.4. The van der Waals surface area contributed by atoms with Crippen LogP contribution in [0.1, 0.15) is 5.56 Å². The molecule has 0 aromatic heterocycles. The van der Waals surface area contributed by atoms with Gasteiger partial charge in [0.2, 0.25) is 0 Å². The molecule has 0 saturated carbocycles. The van der Waals surface area contributed by atoms with Crippen molar-refractivity contribution in [3.05, 3.63) is 64.7 Å². The highest BCUT2D eigenvalue weighted by molar-refractivity contribution is 7.98. The van der Waals surface area contributed by atoms with E-state index in [1.165, 1.54) is 30.0 Å². The Kier molecular flexibility index (Phi) is 4.02. The summed E-state index contributed by atoms with van der Waals surface area (Å²) >= 11 is 7.12. The molecule has 0 fully saturated rings. The molecule has 0 amide bonds. The van der Waals surface area contributed by atoms with Crippen molar-refractivity contribution in [2.45, 2.75) is 10.6 Å². The van der Waals surface area contributed by atoms with Crippen molar-refractivity contribution in [1.29, 1.82) is 0 Å². The second-order valence-corrected chi connectivity index (χ2v) is 4.91. The highest BCUT2D eigenvalue weighted by atomic mass is 35.5. The van der Waals surface area contributed by atoms with Gasteiger partial charge in [-0.05, 0) is 35.9 Å². The molecule has 2 aromatic carbocycles. The topological polar surface area (TPSA) is 0 Å². The van der Waals surface area contributed by atoms with Crippen LogP contribution in [0.4, 0.5) is 8.78 Å². The lowest BCUT2D eigenvalue weighted by atomic mass is 10.2. The highest BCUT2D eigenvalue weighted by Crippen LogP contribution is 2.26. The van der Waals surface area contributed by atoms with Crippen molar-refractivity contribution < 1.29 is 8.78 Å². The minimum Gasteiger partial charge on any atom is -0.207 e. The van der Waals surface area contributed by atoms with Crippen molar-refractivity contribution in [3.63, 3.8) is 0 Å². The first-order valence-corrected chi connectivity index (χ1v) is 6.34. The zero-order valence-corrected chi connectivity index (χ0v) is 10.4. The van der Waals surface area contributed by atoms with E-state index in [2.05, 4.69) is 0 Å². The Hall–Kier alpha value is -1.06. The third-order valence-corrected chi connectivity index (χ3v) is 3.59. The summed E-state index contributed by atoms with van der Waals surface area (Å²) in [6.07, 6.45) is 0. The zero-order chi connectivity index (χ0) is 12.3. The Morgan fingerprint density at radius 3 is 2.41 bits per heavy atom. The number of benzene rings is 2. The van der Waals surface area contributed by atoms with Gasteiger partial charge in [0.05, 0.1) is 5.02 Å². The second-order valence-electron chi connectivity index (χ2n) is 3.46. The van der Waals surface area contributed by atoms with E-state index in [9.17, 15) is 8.78 Å². The van der Waals surface area contributed by atoms with E-state index in [1.807, 2.05) is 0 Å². The van der Waals surface area contributed by atoms with E-state index in [-0.39, 0.29) is 16.7 Å². The maximum absolute atomic E-state index is 13.6. The molecule has 0 spiro atoms. The number of rotatable bonds is 3. The predicted molar refractivity (Wildman–Crippen MR) is 67.4 cm³/mol. The highest BCUT2D eigenvalue weighted by Gasteiger charge is 2.06. The Morgan fingerprint density at radius 2 is 1.71 bits per heavy atom. The normalized spacial score (nSPS) is 10.5. The molecule has 0 N–H and O–H groups in total. The molecule has 17 heavy (non-hydrogen) atoms.